The van der Waals surface area contributed by atoms with Gasteiger partial charge in [0.1, 0.15) is 0 Å². The second-order valence-corrected chi connectivity index (χ2v) is 9.05. The topological polar surface area (TPSA) is 40.5 Å². The van der Waals surface area contributed by atoms with Gasteiger partial charge in [-0.05, 0) is 57.6 Å². The van der Waals surface area contributed by atoms with Crippen LogP contribution in [0.25, 0.3) is 11.1 Å². The Hall–Kier alpha value is -2.36. The average Bonchev–Trinajstić information content (AvgIpc) is 3.06. The molecule has 4 aromatic rings. The number of hydrogen-bond acceptors (Lipinski definition) is 2. The van der Waals surface area contributed by atoms with E-state index in [1.54, 1.807) is 24.3 Å². The Labute approximate surface area is 199 Å². The SMILES string of the molecule is Oc1c(Cl)cc(C2(c3cc(Cl)c(O)c(Cl)c3)c3ccccc3-c3ccccc32)cc1Cl. The van der Waals surface area contributed by atoms with E-state index in [1.165, 1.54) is 0 Å². The van der Waals surface area contributed by atoms with Crippen molar-refractivity contribution in [3.63, 3.8) is 0 Å². The second kappa shape index (κ2) is 7.36. The van der Waals surface area contributed by atoms with Crippen LogP contribution in [-0.4, -0.2) is 10.2 Å². The van der Waals surface area contributed by atoms with E-state index in [0.717, 1.165) is 33.4 Å². The van der Waals surface area contributed by atoms with Crippen LogP contribution >= 0.6 is 46.4 Å². The molecule has 2 nitrogen and oxygen atoms in total. The molecule has 0 bridgehead atoms. The Morgan fingerprint density at radius 1 is 0.516 bits per heavy atom. The zero-order valence-electron chi connectivity index (χ0n) is 15.8. The minimum Gasteiger partial charge on any atom is -0.505 e. The molecule has 5 rings (SSSR count). The van der Waals surface area contributed by atoms with Crippen LogP contribution in [0.5, 0.6) is 11.5 Å². The van der Waals surface area contributed by atoms with Gasteiger partial charge in [-0.3, -0.25) is 0 Å². The molecule has 0 spiro atoms. The highest BCUT2D eigenvalue weighted by molar-refractivity contribution is 6.38. The third kappa shape index (κ3) is 2.86. The van der Waals surface area contributed by atoms with Crippen molar-refractivity contribution in [1.29, 1.82) is 0 Å². The van der Waals surface area contributed by atoms with Crippen LogP contribution in [0, 0.1) is 0 Å². The second-order valence-electron chi connectivity index (χ2n) is 7.42. The van der Waals surface area contributed by atoms with Crippen LogP contribution in [0.1, 0.15) is 22.3 Å². The highest BCUT2D eigenvalue weighted by Gasteiger charge is 2.46. The first-order valence-electron chi connectivity index (χ1n) is 9.42. The fourth-order valence-corrected chi connectivity index (χ4v) is 5.56. The summed E-state index contributed by atoms with van der Waals surface area (Å²) in [4.78, 5) is 0. The van der Waals surface area contributed by atoms with E-state index in [9.17, 15) is 10.2 Å². The van der Waals surface area contributed by atoms with Gasteiger partial charge in [-0.2, -0.15) is 0 Å². The lowest BCUT2D eigenvalue weighted by Gasteiger charge is -2.34. The third-order valence-electron chi connectivity index (χ3n) is 5.85. The zero-order chi connectivity index (χ0) is 21.9. The van der Waals surface area contributed by atoms with E-state index in [1.807, 2.05) is 36.4 Å². The smallest absolute Gasteiger partial charge is 0.152 e. The molecule has 6 heteroatoms. The summed E-state index contributed by atoms with van der Waals surface area (Å²) in [5.74, 6) is -0.354. The maximum absolute atomic E-state index is 10.2. The normalized spacial score (nSPS) is 13.7. The molecule has 0 heterocycles. The largest absolute Gasteiger partial charge is 0.505 e. The molecule has 0 amide bonds. The van der Waals surface area contributed by atoms with Gasteiger partial charge in [-0.15, -0.1) is 0 Å². The Bertz CT molecular complexity index is 1210. The van der Waals surface area contributed by atoms with Gasteiger partial charge in [0.25, 0.3) is 0 Å². The Morgan fingerprint density at radius 3 is 1.19 bits per heavy atom. The summed E-state index contributed by atoms with van der Waals surface area (Å²) in [5.41, 5.74) is 4.72. The fourth-order valence-electron chi connectivity index (χ4n) is 4.59. The van der Waals surface area contributed by atoms with Crippen molar-refractivity contribution in [2.75, 3.05) is 0 Å². The molecule has 1 aliphatic rings. The van der Waals surface area contributed by atoms with Crippen LogP contribution in [0.15, 0.2) is 72.8 Å². The van der Waals surface area contributed by atoms with Gasteiger partial charge < -0.3 is 10.2 Å². The monoisotopic (exact) mass is 486 g/mol. The van der Waals surface area contributed by atoms with Crippen LogP contribution in [-0.2, 0) is 5.41 Å². The fraction of sp³-hybridized carbons (Fsp3) is 0.0400. The van der Waals surface area contributed by atoms with Crippen molar-refractivity contribution in [1.82, 2.24) is 0 Å². The van der Waals surface area contributed by atoms with Crippen molar-refractivity contribution < 1.29 is 10.2 Å². The summed E-state index contributed by atoms with van der Waals surface area (Å²) in [6, 6.07) is 22.9. The van der Waals surface area contributed by atoms with Gasteiger partial charge in [0.2, 0.25) is 0 Å². The standard InChI is InChI=1S/C25H14Cl4O2/c26-19-9-13(10-20(27)23(19)30)25(14-11-21(28)24(31)22(29)12-14)17-7-3-1-5-15(17)16-6-2-4-8-18(16)25/h1-12,30-31H. The number of hydrogen-bond donors (Lipinski definition) is 2. The minimum atomic E-state index is -0.866. The lowest BCUT2D eigenvalue weighted by molar-refractivity contribution is 0.475. The first-order valence-corrected chi connectivity index (χ1v) is 10.9. The maximum atomic E-state index is 10.2. The van der Waals surface area contributed by atoms with E-state index in [2.05, 4.69) is 12.1 Å². The average molecular weight is 488 g/mol. The molecule has 0 aliphatic heterocycles. The molecule has 0 radical (unpaired) electrons. The predicted octanol–water partition coefficient (Wildman–Crippen LogP) is 8.07. The van der Waals surface area contributed by atoms with Gasteiger partial charge in [0.05, 0.1) is 25.5 Å². The molecule has 31 heavy (non-hydrogen) atoms. The van der Waals surface area contributed by atoms with E-state index in [-0.39, 0.29) is 31.6 Å². The Kier molecular flexibility index (Phi) is 4.87. The number of halogens is 4. The van der Waals surface area contributed by atoms with Gasteiger partial charge in [-0.25, -0.2) is 0 Å². The Balaban J connectivity index is 2.00. The zero-order valence-corrected chi connectivity index (χ0v) is 18.9. The Morgan fingerprint density at radius 2 is 0.839 bits per heavy atom. The van der Waals surface area contributed by atoms with Gasteiger partial charge >= 0.3 is 0 Å². The molecule has 0 aromatic heterocycles. The van der Waals surface area contributed by atoms with Crippen molar-refractivity contribution in [3.05, 3.63) is 115 Å². The molecule has 0 fully saturated rings. The van der Waals surface area contributed by atoms with Gasteiger partial charge in [-0.1, -0.05) is 94.9 Å². The number of aromatic hydroxyl groups is 2. The first kappa shape index (κ1) is 20.5. The highest BCUT2D eigenvalue weighted by atomic mass is 35.5. The predicted molar refractivity (Wildman–Crippen MR) is 127 cm³/mol. The summed E-state index contributed by atoms with van der Waals surface area (Å²) >= 11 is 25.4. The summed E-state index contributed by atoms with van der Waals surface area (Å²) in [5, 5.41) is 21.0. The number of phenols is 2. The van der Waals surface area contributed by atoms with E-state index >= 15 is 0 Å². The lowest BCUT2D eigenvalue weighted by atomic mass is 9.67. The molecule has 0 saturated carbocycles. The van der Waals surface area contributed by atoms with E-state index < -0.39 is 5.41 Å². The van der Waals surface area contributed by atoms with Crippen molar-refractivity contribution in [3.8, 4) is 22.6 Å². The van der Waals surface area contributed by atoms with E-state index in [4.69, 9.17) is 46.4 Å². The summed E-state index contributed by atoms with van der Waals surface area (Å²) in [6.45, 7) is 0. The third-order valence-corrected chi connectivity index (χ3v) is 7.00. The number of benzene rings is 4. The maximum Gasteiger partial charge on any atom is 0.152 e. The van der Waals surface area contributed by atoms with Crippen molar-refractivity contribution >= 4 is 46.4 Å². The highest BCUT2D eigenvalue weighted by Crippen LogP contribution is 2.58. The number of rotatable bonds is 2. The quantitative estimate of drug-likeness (QED) is 0.264. The molecule has 154 valence electrons. The number of fused-ring (bicyclic) bond motifs is 3. The minimum absolute atomic E-state index is 0.139. The number of phenolic OH excluding ortho intramolecular Hbond substituents is 2. The molecule has 4 aromatic carbocycles. The first-order chi connectivity index (χ1) is 14.9. The van der Waals surface area contributed by atoms with Crippen LogP contribution in [0.4, 0.5) is 0 Å². The molecule has 2 N–H and O–H groups in total. The summed E-state index contributed by atoms with van der Waals surface area (Å²) in [7, 11) is 0. The molecular formula is C25H14Cl4O2. The van der Waals surface area contributed by atoms with Crippen molar-refractivity contribution in [2.24, 2.45) is 0 Å². The lowest BCUT2D eigenvalue weighted by Crippen LogP contribution is -2.28. The summed E-state index contributed by atoms with van der Waals surface area (Å²) < 4.78 is 0. The molecule has 0 atom stereocenters. The van der Waals surface area contributed by atoms with Gasteiger partial charge in [0.15, 0.2) is 11.5 Å². The van der Waals surface area contributed by atoms with Crippen LogP contribution in [0.2, 0.25) is 20.1 Å². The molecule has 0 unspecified atom stereocenters. The van der Waals surface area contributed by atoms with Gasteiger partial charge in [0, 0.05) is 0 Å². The van der Waals surface area contributed by atoms with E-state index in [0.29, 0.717) is 0 Å². The van der Waals surface area contributed by atoms with Crippen LogP contribution in [0.3, 0.4) is 0 Å². The molecule has 0 saturated heterocycles. The van der Waals surface area contributed by atoms with Crippen LogP contribution < -0.4 is 0 Å². The van der Waals surface area contributed by atoms with Crippen molar-refractivity contribution in [2.45, 2.75) is 5.41 Å². The summed E-state index contributed by atoms with van der Waals surface area (Å²) in [6.07, 6.45) is 0. The molecule has 1 aliphatic carbocycles. The molecular weight excluding hydrogens is 474 g/mol.